The van der Waals surface area contributed by atoms with Gasteiger partial charge < -0.3 is 0 Å². The molecule has 0 atom stereocenters. The van der Waals surface area contributed by atoms with E-state index in [-0.39, 0.29) is 17.1 Å². The molecule has 2 rings (SSSR count). The monoisotopic (exact) mass is 272 g/mol. The molecule has 2 aromatic rings. The van der Waals surface area contributed by atoms with Crippen LogP contribution >= 0.6 is 0 Å². The summed E-state index contributed by atoms with van der Waals surface area (Å²) >= 11 is 0. The summed E-state index contributed by atoms with van der Waals surface area (Å²) in [5, 5.41) is 1.60. The maximum Gasteiger partial charge on any atom is 2.00 e. The maximum atomic E-state index is 2.38. The van der Waals surface area contributed by atoms with E-state index >= 15 is 0 Å². The van der Waals surface area contributed by atoms with Crippen LogP contribution in [-0.2, 0) is 17.1 Å². The van der Waals surface area contributed by atoms with Crippen LogP contribution in [0.5, 0.6) is 0 Å². The SMILES string of the molecule is Cc1cc[cH-]c1[Si](C)(C)C.[Fe+2].c1cc[cH-]c1. The molecular formula is C14H20FeSi. The van der Waals surface area contributed by atoms with E-state index in [4.69, 9.17) is 0 Å². The van der Waals surface area contributed by atoms with E-state index in [9.17, 15) is 0 Å². The summed E-state index contributed by atoms with van der Waals surface area (Å²) in [7, 11) is -1.03. The van der Waals surface area contributed by atoms with Crippen molar-refractivity contribution in [2.75, 3.05) is 0 Å². The molecule has 0 saturated carbocycles. The molecule has 0 aromatic heterocycles. The molecule has 0 nitrogen and oxygen atoms in total. The summed E-state index contributed by atoms with van der Waals surface area (Å²) in [6, 6.07) is 16.6. The van der Waals surface area contributed by atoms with E-state index in [1.54, 1.807) is 5.19 Å². The maximum absolute atomic E-state index is 2.38. The number of rotatable bonds is 1. The van der Waals surface area contributed by atoms with E-state index in [1.165, 1.54) is 5.56 Å². The standard InChI is InChI=1S/C9H15Si.C5H5.Fe/c1-8-6-5-7-9(8)10(2,3)4;1-2-4-5-3-1;/h5-7H,1-4H3;1-5H;/q2*-1;+2. The summed E-state index contributed by atoms with van der Waals surface area (Å²) in [5.41, 5.74) is 1.47. The van der Waals surface area contributed by atoms with Crippen LogP contribution in [0.25, 0.3) is 0 Å². The summed E-state index contributed by atoms with van der Waals surface area (Å²) < 4.78 is 0. The zero-order valence-electron chi connectivity index (χ0n) is 10.5. The van der Waals surface area contributed by atoms with Crippen molar-refractivity contribution in [1.29, 1.82) is 0 Å². The van der Waals surface area contributed by atoms with Crippen LogP contribution < -0.4 is 5.19 Å². The Morgan fingerprint density at radius 2 is 1.56 bits per heavy atom. The van der Waals surface area contributed by atoms with Gasteiger partial charge in [-0.3, -0.25) is 0 Å². The Kier molecular flexibility index (Phi) is 6.66. The molecule has 16 heavy (non-hydrogen) atoms. The third-order valence-corrected chi connectivity index (χ3v) is 4.57. The minimum Gasteiger partial charge on any atom is -0.214 e. The number of hydrogen-bond acceptors (Lipinski definition) is 0. The van der Waals surface area contributed by atoms with E-state index in [1.807, 2.05) is 30.3 Å². The molecule has 2 heteroatoms. The Bertz CT molecular complexity index is 348. The first-order chi connectivity index (χ1) is 7.02. The largest absolute Gasteiger partial charge is 2.00 e. The molecule has 0 fully saturated rings. The average Bonchev–Trinajstić information content (AvgIpc) is 2.72. The molecule has 0 aliphatic rings. The molecule has 0 amide bonds. The van der Waals surface area contributed by atoms with Gasteiger partial charge in [0.1, 0.15) is 0 Å². The first kappa shape index (κ1) is 15.4. The Morgan fingerprint density at radius 1 is 1.00 bits per heavy atom. The fourth-order valence-electron chi connectivity index (χ4n) is 1.67. The van der Waals surface area contributed by atoms with Crippen LogP contribution in [0.2, 0.25) is 19.6 Å². The van der Waals surface area contributed by atoms with Gasteiger partial charge in [0.05, 0.1) is 8.07 Å². The van der Waals surface area contributed by atoms with Crippen LogP contribution in [0.15, 0.2) is 48.5 Å². The third-order valence-electron chi connectivity index (χ3n) is 2.40. The Labute approximate surface area is 111 Å². The van der Waals surface area contributed by atoms with Gasteiger partial charge in [0, 0.05) is 0 Å². The van der Waals surface area contributed by atoms with Crippen LogP contribution in [-0.4, -0.2) is 8.07 Å². The van der Waals surface area contributed by atoms with Gasteiger partial charge in [0.25, 0.3) is 0 Å². The fraction of sp³-hybridized carbons (Fsp3) is 0.286. The molecule has 0 aliphatic carbocycles. The second kappa shape index (κ2) is 6.90. The molecule has 88 valence electrons. The molecule has 0 spiro atoms. The minimum absolute atomic E-state index is 0. The summed E-state index contributed by atoms with van der Waals surface area (Å²) in [4.78, 5) is 0. The molecule has 0 bridgehead atoms. The average molecular weight is 272 g/mol. The van der Waals surface area contributed by atoms with Crippen molar-refractivity contribution in [3.05, 3.63) is 54.1 Å². The summed E-state index contributed by atoms with van der Waals surface area (Å²) in [6.07, 6.45) is 0. The predicted molar refractivity (Wildman–Crippen MR) is 71.8 cm³/mol. The van der Waals surface area contributed by atoms with Gasteiger partial charge in [-0.05, 0) is 0 Å². The molecule has 0 saturated heterocycles. The van der Waals surface area contributed by atoms with Crippen molar-refractivity contribution in [2.45, 2.75) is 26.6 Å². The molecule has 2 aromatic carbocycles. The van der Waals surface area contributed by atoms with E-state index in [2.05, 4.69) is 44.8 Å². The molecule has 0 N–H and O–H groups in total. The van der Waals surface area contributed by atoms with Gasteiger partial charge in [0.2, 0.25) is 0 Å². The normalized spacial score (nSPS) is 10.0. The Morgan fingerprint density at radius 3 is 1.75 bits per heavy atom. The van der Waals surface area contributed by atoms with Gasteiger partial charge in [-0.25, -0.2) is 23.8 Å². The molecule has 0 radical (unpaired) electrons. The minimum atomic E-state index is -1.03. The van der Waals surface area contributed by atoms with Gasteiger partial charge in [-0.15, -0.1) is 0 Å². The van der Waals surface area contributed by atoms with Gasteiger partial charge >= 0.3 is 17.1 Å². The quantitative estimate of drug-likeness (QED) is 0.549. The number of hydrogen-bond donors (Lipinski definition) is 0. The van der Waals surface area contributed by atoms with E-state index in [0.717, 1.165) is 0 Å². The van der Waals surface area contributed by atoms with Gasteiger partial charge in [-0.1, -0.05) is 26.6 Å². The van der Waals surface area contributed by atoms with Crippen molar-refractivity contribution < 1.29 is 17.1 Å². The summed E-state index contributed by atoms with van der Waals surface area (Å²) in [5.74, 6) is 0. The van der Waals surface area contributed by atoms with Crippen LogP contribution in [0.3, 0.4) is 0 Å². The zero-order chi connectivity index (χ0) is 11.3. The Hall–Kier alpha value is -0.564. The summed E-state index contributed by atoms with van der Waals surface area (Å²) in [6.45, 7) is 9.35. The van der Waals surface area contributed by atoms with Crippen molar-refractivity contribution in [3.63, 3.8) is 0 Å². The molecule has 0 unspecified atom stereocenters. The first-order valence-corrected chi connectivity index (χ1v) is 8.91. The third kappa shape index (κ3) is 4.98. The second-order valence-corrected chi connectivity index (χ2v) is 9.87. The predicted octanol–water partition coefficient (Wildman–Crippen LogP) is 3.66. The van der Waals surface area contributed by atoms with Crippen LogP contribution in [0, 0.1) is 6.92 Å². The topological polar surface area (TPSA) is 0 Å². The Balaban J connectivity index is 0.000000318. The fourth-order valence-corrected chi connectivity index (χ4v) is 3.53. The number of aryl methyl sites for hydroxylation is 1. The van der Waals surface area contributed by atoms with Crippen molar-refractivity contribution in [2.24, 2.45) is 0 Å². The van der Waals surface area contributed by atoms with Gasteiger partial charge in [-0.2, -0.15) is 35.5 Å². The van der Waals surface area contributed by atoms with Crippen molar-refractivity contribution in [3.8, 4) is 0 Å². The second-order valence-electron chi connectivity index (χ2n) is 4.83. The van der Waals surface area contributed by atoms with Gasteiger partial charge in [0.15, 0.2) is 0 Å². The van der Waals surface area contributed by atoms with Crippen LogP contribution in [0.1, 0.15) is 5.56 Å². The molecule has 0 heterocycles. The smallest absolute Gasteiger partial charge is 0.214 e. The van der Waals surface area contributed by atoms with Crippen molar-refractivity contribution >= 4 is 13.3 Å². The van der Waals surface area contributed by atoms with Crippen LogP contribution in [0.4, 0.5) is 0 Å². The molecule has 0 aliphatic heterocycles. The zero-order valence-corrected chi connectivity index (χ0v) is 12.6. The molecular weight excluding hydrogens is 252 g/mol. The first-order valence-electron chi connectivity index (χ1n) is 5.41. The van der Waals surface area contributed by atoms with Crippen molar-refractivity contribution in [1.82, 2.24) is 0 Å². The van der Waals surface area contributed by atoms with E-state index in [0.29, 0.717) is 0 Å². The van der Waals surface area contributed by atoms with E-state index < -0.39 is 8.07 Å².